The van der Waals surface area contributed by atoms with Gasteiger partial charge in [-0.25, -0.2) is 0 Å². The Morgan fingerprint density at radius 1 is 1.53 bits per heavy atom. The Labute approximate surface area is 107 Å². The average Bonchev–Trinajstić information content (AvgIpc) is 3.14. The molecule has 88 valence electrons. The van der Waals surface area contributed by atoms with Crippen LogP contribution < -0.4 is 11.1 Å². The molecule has 3 N–H and O–H groups in total. The van der Waals surface area contributed by atoms with E-state index in [4.69, 9.17) is 17.3 Å². The number of rotatable bonds is 3. The van der Waals surface area contributed by atoms with Gasteiger partial charge in [-0.1, -0.05) is 30.0 Å². The molecule has 0 spiro atoms. The Morgan fingerprint density at radius 2 is 2.29 bits per heavy atom. The third-order valence-electron chi connectivity index (χ3n) is 2.77. The Kier molecular flexibility index (Phi) is 3.61. The quantitative estimate of drug-likeness (QED) is 0.635. The summed E-state index contributed by atoms with van der Waals surface area (Å²) in [4.78, 5) is 0. The van der Waals surface area contributed by atoms with Crippen molar-refractivity contribution >= 4 is 23.0 Å². The lowest BCUT2D eigenvalue weighted by Gasteiger charge is -2.11. The van der Waals surface area contributed by atoms with Gasteiger partial charge in [0.25, 0.3) is 0 Å². The first-order valence-electron chi connectivity index (χ1n) is 5.66. The number of hydrogen-bond donors (Lipinski definition) is 2. The number of nitrogens with two attached hydrogens (primary N) is 1. The second kappa shape index (κ2) is 5.16. The zero-order chi connectivity index (χ0) is 12.3. The highest BCUT2D eigenvalue weighted by atomic mass is 35.5. The molecule has 0 atom stereocenters. The minimum atomic E-state index is 0.514. The average molecular weight is 247 g/mol. The molecule has 0 radical (unpaired) electrons. The second-order valence-corrected chi connectivity index (χ2v) is 4.56. The summed E-state index contributed by atoms with van der Waals surface area (Å²) < 4.78 is 0. The maximum atomic E-state index is 6.16. The van der Waals surface area contributed by atoms with Gasteiger partial charge in [-0.05, 0) is 37.0 Å². The van der Waals surface area contributed by atoms with Gasteiger partial charge in [-0.3, -0.25) is 0 Å². The zero-order valence-electron chi connectivity index (χ0n) is 9.59. The normalized spacial score (nSPS) is 13.7. The zero-order valence-corrected chi connectivity index (χ0v) is 10.3. The lowest BCUT2D eigenvalue weighted by atomic mass is 10.1. The van der Waals surface area contributed by atoms with Crippen LogP contribution in [0.25, 0.3) is 0 Å². The largest absolute Gasteiger partial charge is 0.396 e. The van der Waals surface area contributed by atoms with E-state index in [1.807, 2.05) is 12.1 Å². The molecule has 3 heteroatoms. The Bertz CT molecular complexity index is 493. The van der Waals surface area contributed by atoms with Crippen LogP contribution >= 0.6 is 11.6 Å². The summed E-state index contributed by atoms with van der Waals surface area (Å²) in [5, 5.41) is 3.84. The molecule has 0 unspecified atom stereocenters. The molecular formula is C14H15ClN2. The monoisotopic (exact) mass is 246 g/mol. The van der Waals surface area contributed by atoms with Gasteiger partial charge in [0.2, 0.25) is 0 Å². The van der Waals surface area contributed by atoms with Crippen molar-refractivity contribution in [1.29, 1.82) is 0 Å². The van der Waals surface area contributed by atoms with Gasteiger partial charge in [0.15, 0.2) is 0 Å². The summed E-state index contributed by atoms with van der Waals surface area (Å²) in [6.07, 6.45) is 4.15. The second-order valence-electron chi connectivity index (χ2n) is 4.19. The van der Waals surface area contributed by atoms with Gasteiger partial charge in [0.05, 0.1) is 16.4 Å². The van der Waals surface area contributed by atoms with Crippen molar-refractivity contribution in [2.24, 2.45) is 5.92 Å². The molecule has 1 saturated carbocycles. The van der Waals surface area contributed by atoms with Crippen LogP contribution in [0.15, 0.2) is 24.8 Å². The van der Waals surface area contributed by atoms with E-state index < -0.39 is 0 Å². The summed E-state index contributed by atoms with van der Waals surface area (Å²) in [6.45, 7) is 4.51. The number of nitrogens with one attached hydrogen (secondary N) is 1. The summed E-state index contributed by atoms with van der Waals surface area (Å²) in [6, 6.07) is 3.81. The molecule has 0 heterocycles. The SMILES string of the molecule is C=CC#Cc1ccc(NCC2CC2)c(N)c1Cl. The molecular weight excluding hydrogens is 232 g/mol. The van der Waals surface area contributed by atoms with E-state index in [-0.39, 0.29) is 0 Å². The first kappa shape index (κ1) is 11.9. The van der Waals surface area contributed by atoms with Crippen LogP contribution in [-0.4, -0.2) is 6.54 Å². The molecule has 1 aliphatic carbocycles. The van der Waals surface area contributed by atoms with Crippen LogP contribution in [0.4, 0.5) is 11.4 Å². The lowest BCUT2D eigenvalue weighted by molar-refractivity contribution is 0.890. The standard InChI is InChI=1S/C14H15ClN2/c1-2-3-4-11-7-8-12(14(16)13(11)15)17-9-10-5-6-10/h2,7-8,10,17H,1,5-6,9,16H2. The first-order chi connectivity index (χ1) is 8.22. The van der Waals surface area contributed by atoms with Crippen LogP contribution in [0.1, 0.15) is 18.4 Å². The van der Waals surface area contributed by atoms with E-state index in [2.05, 4.69) is 23.7 Å². The molecule has 1 fully saturated rings. The first-order valence-corrected chi connectivity index (χ1v) is 6.04. The number of hydrogen-bond acceptors (Lipinski definition) is 2. The molecule has 1 aromatic carbocycles. The smallest absolute Gasteiger partial charge is 0.0813 e. The minimum absolute atomic E-state index is 0.514. The van der Waals surface area contributed by atoms with Gasteiger partial charge >= 0.3 is 0 Å². The van der Waals surface area contributed by atoms with Crippen LogP contribution in [0.5, 0.6) is 0 Å². The molecule has 0 saturated heterocycles. The van der Waals surface area contributed by atoms with Gasteiger partial charge in [0, 0.05) is 12.1 Å². The third-order valence-corrected chi connectivity index (χ3v) is 3.17. The maximum Gasteiger partial charge on any atom is 0.0813 e. The molecule has 17 heavy (non-hydrogen) atoms. The highest BCUT2D eigenvalue weighted by Gasteiger charge is 2.21. The highest BCUT2D eigenvalue weighted by Crippen LogP contribution is 2.33. The van der Waals surface area contributed by atoms with Gasteiger partial charge in [0.1, 0.15) is 0 Å². The van der Waals surface area contributed by atoms with Crippen molar-refractivity contribution in [3.05, 3.63) is 35.4 Å². The Morgan fingerprint density at radius 3 is 2.94 bits per heavy atom. The van der Waals surface area contributed by atoms with E-state index in [9.17, 15) is 0 Å². The summed E-state index contributed by atoms with van der Waals surface area (Å²) >= 11 is 6.16. The van der Waals surface area contributed by atoms with Crippen LogP contribution in [0.2, 0.25) is 5.02 Å². The van der Waals surface area contributed by atoms with E-state index >= 15 is 0 Å². The van der Waals surface area contributed by atoms with Crippen molar-refractivity contribution in [2.45, 2.75) is 12.8 Å². The van der Waals surface area contributed by atoms with Crippen molar-refractivity contribution in [2.75, 3.05) is 17.6 Å². The molecule has 0 aromatic heterocycles. The third kappa shape index (κ3) is 2.95. The maximum absolute atomic E-state index is 6.16. The number of anilines is 2. The highest BCUT2D eigenvalue weighted by molar-refractivity contribution is 6.35. The molecule has 0 aliphatic heterocycles. The number of benzene rings is 1. The van der Waals surface area contributed by atoms with Crippen molar-refractivity contribution in [1.82, 2.24) is 0 Å². The van der Waals surface area contributed by atoms with E-state index in [1.54, 1.807) is 0 Å². The van der Waals surface area contributed by atoms with Gasteiger partial charge < -0.3 is 11.1 Å². The minimum Gasteiger partial charge on any atom is -0.396 e. The molecule has 1 aromatic rings. The fourth-order valence-corrected chi connectivity index (χ4v) is 1.76. The molecule has 0 bridgehead atoms. The fraction of sp³-hybridized carbons (Fsp3) is 0.286. The van der Waals surface area contributed by atoms with Crippen LogP contribution in [0.3, 0.4) is 0 Å². The van der Waals surface area contributed by atoms with E-state index in [1.165, 1.54) is 18.9 Å². The van der Waals surface area contributed by atoms with Crippen molar-refractivity contribution < 1.29 is 0 Å². The summed E-state index contributed by atoms with van der Waals surface area (Å²) in [5.74, 6) is 6.47. The predicted molar refractivity (Wildman–Crippen MR) is 74.2 cm³/mol. The number of nitrogen functional groups attached to an aromatic ring is 1. The lowest BCUT2D eigenvalue weighted by Crippen LogP contribution is -2.06. The van der Waals surface area contributed by atoms with Gasteiger partial charge in [-0.15, -0.1) is 0 Å². The Hall–Kier alpha value is -1.59. The molecule has 0 amide bonds. The summed E-state index contributed by atoms with van der Waals surface area (Å²) in [7, 11) is 0. The molecule has 2 nitrogen and oxygen atoms in total. The topological polar surface area (TPSA) is 38.0 Å². The summed E-state index contributed by atoms with van der Waals surface area (Å²) in [5.41, 5.74) is 8.18. The van der Waals surface area contributed by atoms with Crippen LogP contribution in [0, 0.1) is 17.8 Å². The number of halogens is 1. The van der Waals surface area contributed by atoms with Gasteiger partial charge in [-0.2, -0.15) is 0 Å². The van der Waals surface area contributed by atoms with Crippen molar-refractivity contribution in [3.8, 4) is 11.8 Å². The molecule has 2 rings (SSSR count). The van der Waals surface area contributed by atoms with Crippen molar-refractivity contribution in [3.63, 3.8) is 0 Å². The predicted octanol–water partition coefficient (Wildman–Crippen LogP) is 3.28. The molecule has 1 aliphatic rings. The van der Waals surface area contributed by atoms with E-state index in [0.717, 1.165) is 23.7 Å². The number of allylic oxidation sites excluding steroid dienone is 1. The fourth-order valence-electron chi connectivity index (χ4n) is 1.55. The Balaban J connectivity index is 2.18. The van der Waals surface area contributed by atoms with Crippen LogP contribution in [-0.2, 0) is 0 Å². The van der Waals surface area contributed by atoms with E-state index in [0.29, 0.717) is 10.7 Å².